The van der Waals surface area contributed by atoms with Gasteiger partial charge in [0.2, 0.25) is 0 Å². The number of likely N-dealkylation sites (N-methyl/N-ethyl adjacent to an activating group) is 1. The van der Waals surface area contributed by atoms with Crippen molar-refractivity contribution in [2.45, 2.75) is 31.4 Å². The van der Waals surface area contributed by atoms with E-state index in [1.807, 2.05) is 0 Å². The van der Waals surface area contributed by atoms with E-state index in [0.717, 1.165) is 5.92 Å². The third-order valence-corrected chi connectivity index (χ3v) is 3.43. The Kier molecular flexibility index (Phi) is 1.69. The number of hydrogen-bond donors (Lipinski definition) is 1. The Labute approximate surface area is 68.2 Å². The summed E-state index contributed by atoms with van der Waals surface area (Å²) < 4.78 is 0. The van der Waals surface area contributed by atoms with Crippen LogP contribution in [0.5, 0.6) is 0 Å². The summed E-state index contributed by atoms with van der Waals surface area (Å²) >= 11 is 0. The summed E-state index contributed by atoms with van der Waals surface area (Å²) in [5.41, 5.74) is 0. The number of aliphatic hydroxyl groups excluding tert-OH is 1. The van der Waals surface area contributed by atoms with Gasteiger partial charge in [0.15, 0.2) is 0 Å². The van der Waals surface area contributed by atoms with Crippen LogP contribution >= 0.6 is 0 Å². The molecule has 2 saturated carbocycles. The predicted octanol–water partition coefficient (Wildman–Crippen LogP) is 0.707. The van der Waals surface area contributed by atoms with Crippen molar-refractivity contribution in [3.8, 4) is 0 Å². The molecule has 2 nitrogen and oxygen atoms in total. The van der Waals surface area contributed by atoms with Crippen LogP contribution in [0.1, 0.15) is 19.3 Å². The van der Waals surface area contributed by atoms with Crippen molar-refractivity contribution in [1.82, 2.24) is 4.90 Å². The molecule has 0 aromatic rings. The molecule has 2 fully saturated rings. The fourth-order valence-corrected chi connectivity index (χ4v) is 2.96. The van der Waals surface area contributed by atoms with E-state index in [1.165, 1.54) is 19.3 Å². The second-order valence-corrected chi connectivity index (χ2v) is 4.28. The smallest absolute Gasteiger partial charge is 0.0726 e. The average molecular weight is 155 g/mol. The minimum absolute atomic E-state index is 0.0382. The lowest BCUT2D eigenvalue weighted by molar-refractivity contribution is 0.0349. The summed E-state index contributed by atoms with van der Waals surface area (Å²) in [6, 6.07) is 0.453. The molecule has 2 aliphatic carbocycles. The molecule has 11 heavy (non-hydrogen) atoms. The molecule has 0 aliphatic heterocycles. The number of hydrogen-bond acceptors (Lipinski definition) is 2. The lowest BCUT2D eigenvalue weighted by Gasteiger charge is -2.32. The number of nitrogens with zero attached hydrogens (tertiary/aromatic N) is 1. The Bertz CT molecular complexity index is 156. The molecule has 2 rings (SSSR count). The van der Waals surface area contributed by atoms with Gasteiger partial charge >= 0.3 is 0 Å². The van der Waals surface area contributed by atoms with Gasteiger partial charge in [-0.15, -0.1) is 0 Å². The SMILES string of the molecule is CN(C)C1C2CC[C@@H](C2)C1O. The molecule has 2 bridgehead atoms. The van der Waals surface area contributed by atoms with Crippen molar-refractivity contribution < 1.29 is 5.11 Å². The fraction of sp³-hybridized carbons (Fsp3) is 1.00. The van der Waals surface area contributed by atoms with E-state index in [4.69, 9.17) is 0 Å². The van der Waals surface area contributed by atoms with E-state index in [2.05, 4.69) is 19.0 Å². The standard InChI is InChI=1S/C9H17NO/c1-10(2)8-6-3-4-7(5-6)9(8)11/h6-9,11H,3-5H2,1-2H3/t6?,7-,8?,9?/m0/s1. The van der Waals surface area contributed by atoms with Crippen molar-refractivity contribution in [3.05, 3.63) is 0 Å². The van der Waals surface area contributed by atoms with Crippen molar-refractivity contribution >= 4 is 0 Å². The van der Waals surface area contributed by atoms with Gasteiger partial charge in [-0.3, -0.25) is 0 Å². The highest BCUT2D eigenvalue weighted by Crippen LogP contribution is 2.46. The zero-order valence-electron chi connectivity index (χ0n) is 7.33. The minimum Gasteiger partial charge on any atom is -0.391 e. The second-order valence-electron chi connectivity index (χ2n) is 4.28. The summed E-state index contributed by atoms with van der Waals surface area (Å²) in [4.78, 5) is 2.19. The van der Waals surface area contributed by atoms with Gasteiger partial charge in [-0.05, 0) is 45.2 Å². The lowest BCUT2D eigenvalue weighted by atomic mass is 9.92. The molecule has 4 atom stereocenters. The summed E-state index contributed by atoms with van der Waals surface area (Å²) in [7, 11) is 4.16. The van der Waals surface area contributed by atoms with Crippen molar-refractivity contribution in [2.24, 2.45) is 11.8 Å². The van der Waals surface area contributed by atoms with Crippen LogP contribution < -0.4 is 0 Å². The van der Waals surface area contributed by atoms with E-state index >= 15 is 0 Å². The summed E-state index contributed by atoms with van der Waals surface area (Å²) in [5.74, 6) is 1.40. The molecular formula is C9H17NO. The first-order chi connectivity index (χ1) is 5.20. The van der Waals surface area contributed by atoms with E-state index in [9.17, 15) is 5.11 Å². The van der Waals surface area contributed by atoms with Crippen LogP contribution in [0, 0.1) is 11.8 Å². The van der Waals surface area contributed by atoms with E-state index in [1.54, 1.807) is 0 Å². The molecule has 2 heteroatoms. The predicted molar refractivity (Wildman–Crippen MR) is 44.3 cm³/mol. The van der Waals surface area contributed by atoms with Gasteiger partial charge in [0.1, 0.15) is 0 Å². The largest absolute Gasteiger partial charge is 0.391 e. The van der Waals surface area contributed by atoms with Crippen LogP contribution in [-0.4, -0.2) is 36.2 Å². The molecule has 0 aromatic heterocycles. The quantitative estimate of drug-likeness (QED) is 0.602. The van der Waals surface area contributed by atoms with Gasteiger partial charge in [0, 0.05) is 6.04 Å². The third-order valence-electron chi connectivity index (χ3n) is 3.43. The molecule has 0 radical (unpaired) electrons. The maximum atomic E-state index is 9.81. The van der Waals surface area contributed by atoms with Gasteiger partial charge in [0.25, 0.3) is 0 Å². The summed E-state index contributed by atoms with van der Waals surface area (Å²) in [6.45, 7) is 0. The number of aliphatic hydroxyl groups is 1. The van der Waals surface area contributed by atoms with Crippen LogP contribution in [0.25, 0.3) is 0 Å². The van der Waals surface area contributed by atoms with Crippen molar-refractivity contribution in [1.29, 1.82) is 0 Å². The van der Waals surface area contributed by atoms with Crippen LogP contribution in [0.15, 0.2) is 0 Å². The third kappa shape index (κ3) is 1.00. The van der Waals surface area contributed by atoms with Gasteiger partial charge in [-0.1, -0.05) is 0 Å². The molecule has 0 aromatic carbocycles. The topological polar surface area (TPSA) is 23.5 Å². The Morgan fingerprint density at radius 1 is 1.18 bits per heavy atom. The first-order valence-corrected chi connectivity index (χ1v) is 4.54. The van der Waals surface area contributed by atoms with Gasteiger partial charge in [0.05, 0.1) is 6.10 Å². The Morgan fingerprint density at radius 3 is 2.18 bits per heavy atom. The highest BCUT2D eigenvalue weighted by molar-refractivity contribution is 5.00. The van der Waals surface area contributed by atoms with Crippen LogP contribution in [0.4, 0.5) is 0 Å². The van der Waals surface area contributed by atoms with E-state index in [-0.39, 0.29) is 6.10 Å². The molecular weight excluding hydrogens is 138 g/mol. The highest BCUT2D eigenvalue weighted by Gasteiger charge is 2.47. The normalized spacial score (nSPS) is 49.1. The molecule has 0 amide bonds. The van der Waals surface area contributed by atoms with Gasteiger partial charge < -0.3 is 10.0 Å². The molecule has 0 saturated heterocycles. The first-order valence-electron chi connectivity index (χ1n) is 4.54. The van der Waals surface area contributed by atoms with E-state index in [0.29, 0.717) is 12.0 Å². The fourth-order valence-electron chi connectivity index (χ4n) is 2.96. The van der Waals surface area contributed by atoms with E-state index < -0.39 is 0 Å². The summed E-state index contributed by atoms with van der Waals surface area (Å²) in [6.07, 6.45) is 3.83. The second kappa shape index (κ2) is 2.46. The molecule has 1 N–H and O–H groups in total. The lowest BCUT2D eigenvalue weighted by Crippen LogP contribution is -2.43. The zero-order chi connectivity index (χ0) is 8.01. The van der Waals surface area contributed by atoms with Crippen molar-refractivity contribution in [3.63, 3.8) is 0 Å². The van der Waals surface area contributed by atoms with Crippen molar-refractivity contribution in [2.75, 3.05) is 14.1 Å². The Balaban J connectivity index is 2.11. The molecule has 2 aliphatic rings. The molecule has 0 spiro atoms. The highest BCUT2D eigenvalue weighted by atomic mass is 16.3. The number of rotatable bonds is 1. The first kappa shape index (κ1) is 7.56. The number of fused-ring (bicyclic) bond motifs is 2. The summed E-state index contributed by atoms with van der Waals surface area (Å²) in [5, 5.41) is 9.81. The van der Waals surface area contributed by atoms with Crippen LogP contribution in [-0.2, 0) is 0 Å². The molecule has 3 unspecified atom stereocenters. The monoisotopic (exact) mass is 155 g/mol. The van der Waals surface area contributed by atoms with Crippen LogP contribution in [0.2, 0.25) is 0 Å². The average Bonchev–Trinajstić information content (AvgIpc) is 2.44. The maximum absolute atomic E-state index is 9.81. The Morgan fingerprint density at radius 2 is 1.82 bits per heavy atom. The maximum Gasteiger partial charge on any atom is 0.0726 e. The van der Waals surface area contributed by atoms with Gasteiger partial charge in [-0.2, -0.15) is 0 Å². The molecule has 64 valence electrons. The minimum atomic E-state index is -0.0382. The van der Waals surface area contributed by atoms with Gasteiger partial charge in [-0.25, -0.2) is 0 Å². The van der Waals surface area contributed by atoms with Crippen LogP contribution in [0.3, 0.4) is 0 Å². The Hall–Kier alpha value is -0.0800. The molecule has 0 heterocycles. The zero-order valence-corrected chi connectivity index (χ0v) is 7.33.